The van der Waals surface area contributed by atoms with Crippen molar-refractivity contribution in [1.29, 1.82) is 0 Å². The number of benzene rings is 3. The summed E-state index contributed by atoms with van der Waals surface area (Å²) in [7, 11) is -4.19. The Labute approximate surface area is 154 Å². The zero-order valence-corrected chi connectivity index (χ0v) is 14.5. The molecule has 0 bridgehead atoms. The third-order valence-corrected chi connectivity index (χ3v) is 5.75. The lowest BCUT2D eigenvalue weighted by Gasteiger charge is -2.29. The maximum atomic E-state index is 12.7. The fourth-order valence-corrected chi connectivity index (χ4v) is 4.83. The Morgan fingerprint density at radius 1 is 0.704 bits per heavy atom. The summed E-state index contributed by atoms with van der Waals surface area (Å²) in [5, 5.41) is 39.8. The first-order valence-electron chi connectivity index (χ1n) is 7.84. The highest BCUT2D eigenvalue weighted by Gasteiger charge is 2.51. The van der Waals surface area contributed by atoms with Gasteiger partial charge < -0.3 is 20.4 Å². The molecule has 1 heterocycles. The summed E-state index contributed by atoms with van der Waals surface area (Å²) in [5.74, 6) is -1.23. The zero-order valence-electron chi connectivity index (χ0n) is 13.7. The van der Waals surface area contributed by atoms with E-state index in [1.165, 1.54) is 42.5 Å². The Balaban J connectivity index is 2.16. The van der Waals surface area contributed by atoms with Crippen LogP contribution in [0, 0.1) is 0 Å². The van der Waals surface area contributed by atoms with Crippen molar-refractivity contribution in [3.05, 3.63) is 77.4 Å². The zero-order chi connectivity index (χ0) is 19.4. The second kappa shape index (κ2) is 5.63. The molecule has 3 aromatic rings. The lowest BCUT2D eigenvalue weighted by molar-refractivity contribution is 0.178. The second-order valence-corrected chi connectivity index (χ2v) is 7.71. The van der Waals surface area contributed by atoms with Gasteiger partial charge in [0, 0.05) is 28.8 Å². The molecule has 0 saturated heterocycles. The molecule has 0 fully saturated rings. The molecule has 0 aromatic heterocycles. The number of fused-ring (bicyclic) bond motifs is 1. The largest absolute Gasteiger partial charge is 0.508 e. The number of phenolic OH excluding ortho intramolecular Hbond substituents is 4. The van der Waals surface area contributed by atoms with Crippen LogP contribution in [0.4, 0.5) is 0 Å². The third-order valence-electron chi connectivity index (χ3n) is 4.39. The highest BCUT2D eigenvalue weighted by molar-refractivity contribution is 7.87. The molecule has 0 saturated carbocycles. The maximum absolute atomic E-state index is 12.7. The van der Waals surface area contributed by atoms with Crippen molar-refractivity contribution in [3.63, 3.8) is 0 Å². The van der Waals surface area contributed by atoms with Crippen LogP contribution in [0.3, 0.4) is 0 Å². The van der Waals surface area contributed by atoms with E-state index in [0.29, 0.717) is 0 Å². The van der Waals surface area contributed by atoms with Crippen LogP contribution < -0.4 is 0 Å². The molecule has 27 heavy (non-hydrogen) atoms. The summed E-state index contributed by atoms with van der Waals surface area (Å²) < 4.78 is 30.9. The van der Waals surface area contributed by atoms with E-state index in [0.717, 1.165) is 12.1 Å². The number of hydrogen-bond acceptors (Lipinski definition) is 7. The minimum atomic E-state index is -4.19. The Morgan fingerprint density at radius 3 is 1.63 bits per heavy atom. The van der Waals surface area contributed by atoms with Crippen LogP contribution >= 0.6 is 0 Å². The Bertz CT molecular complexity index is 1080. The average molecular weight is 386 g/mol. The topological polar surface area (TPSA) is 124 Å². The van der Waals surface area contributed by atoms with Gasteiger partial charge in [-0.25, -0.2) is 4.18 Å². The van der Waals surface area contributed by atoms with Crippen molar-refractivity contribution in [2.24, 2.45) is 0 Å². The molecule has 0 aliphatic carbocycles. The van der Waals surface area contributed by atoms with E-state index in [9.17, 15) is 28.8 Å². The van der Waals surface area contributed by atoms with Crippen molar-refractivity contribution < 1.29 is 33.0 Å². The summed E-state index contributed by atoms with van der Waals surface area (Å²) in [6.07, 6.45) is 0. The van der Waals surface area contributed by atoms with Gasteiger partial charge in [0.05, 0.1) is 0 Å². The van der Waals surface area contributed by atoms with Crippen LogP contribution in [0.25, 0.3) is 0 Å². The predicted molar refractivity (Wildman–Crippen MR) is 94.1 cm³/mol. The van der Waals surface area contributed by atoms with Gasteiger partial charge in [0.15, 0.2) is 5.60 Å². The van der Waals surface area contributed by atoms with E-state index in [2.05, 4.69) is 0 Å². The van der Waals surface area contributed by atoms with Crippen molar-refractivity contribution in [1.82, 2.24) is 0 Å². The fraction of sp³-hybridized carbons (Fsp3) is 0.0526. The lowest BCUT2D eigenvalue weighted by atomic mass is 9.80. The quantitative estimate of drug-likeness (QED) is 0.499. The Kier molecular flexibility index (Phi) is 3.59. The SMILES string of the molecule is O=S1(=O)OC(c2cc(O)cc(O)c2)(c2cc(O)cc(O)c2)c2ccccc21. The van der Waals surface area contributed by atoms with Crippen molar-refractivity contribution in [2.75, 3.05) is 0 Å². The van der Waals surface area contributed by atoms with Crippen LogP contribution in [0.2, 0.25) is 0 Å². The minimum Gasteiger partial charge on any atom is -0.508 e. The van der Waals surface area contributed by atoms with Gasteiger partial charge in [-0.1, -0.05) is 18.2 Å². The van der Waals surface area contributed by atoms with Gasteiger partial charge in [0.2, 0.25) is 0 Å². The van der Waals surface area contributed by atoms with Gasteiger partial charge in [-0.05, 0) is 30.3 Å². The van der Waals surface area contributed by atoms with E-state index in [1.807, 2.05) is 0 Å². The molecule has 0 radical (unpaired) electrons. The van der Waals surface area contributed by atoms with E-state index in [-0.39, 0.29) is 44.6 Å². The van der Waals surface area contributed by atoms with Gasteiger partial charge in [0.1, 0.15) is 27.9 Å². The summed E-state index contributed by atoms with van der Waals surface area (Å²) in [6.45, 7) is 0. The molecule has 0 unspecified atom stereocenters. The molecule has 4 N–H and O–H groups in total. The normalized spacial score (nSPS) is 16.7. The summed E-state index contributed by atoms with van der Waals surface area (Å²) in [4.78, 5) is -0.0873. The van der Waals surface area contributed by atoms with Crippen LogP contribution in [0.5, 0.6) is 23.0 Å². The van der Waals surface area contributed by atoms with Gasteiger partial charge in [-0.15, -0.1) is 0 Å². The van der Waals surface area contributed by atoms with Gasteiger partial charge in [-0.3, -0.25) is 0 Å². The van der Waals surface area contributed by atoms with Crippen LogP contribution in [0.1, 0.15) is 16.7 Å². The monoisotopic (exact) mass is 386 g/mol. The lowest BCUT2D eigenvalue weighted by Crippen LogP contribution is -2.29. The second-order valence-electron chi connectivity index (χ2n) is 6.19. The van der Waals surface area contributed by atoms with Crippen LogP contribution in [-0.4, -0.2) is 28.8 Å². The first kappa shape index (κ1) is 17.2. The standard InChI is InChI=1S/C19H14O7S/c20-13-5-11(6-14(21)9-13)19(12-7-15(22)10-16(23)8-12)17-3-1-2-4-18(17)27(24,25)26-19/h1-10,20-23H. The molecule has 3 aromatic carbocycles. The summed E-state index contributed by atoms with van der Waals surface area (Å²) in [6, 6.07) is 13.2. The average Bonchev–Trinajstić information content (AvgIpc) is 2.82. The molecule has 138 valence electrons. The number of phenols is 4. The Morgan fingerprint density at radius 2 is 1.15 bits per heavy atom. The van der Waals surface area contributed by atoms with Crippen molar-refractivity contribution >= 4 is 10.1 Å². The van der Waals surface area contributed by atoms with Crippen molar-refractivity contribution in [2.45, 2.75) is 10.5 Å². The highest BCUT2D eigenvalue weighted by atomic mass is 32.2. The molecular weight excluding hydrogens is 372 g/mol. The van der Waals surface area contributed by atoms with E-state index >= 15 is 0 Å². The molecule has 0 spiro atoms. The highest BCUT2D eigenvalue weighted by Crippen LogP contribution is 2.52. The van der Waals surface area contributed by atoms with E-state index in [1.54, 1.807) is 6.07 Å². The molecule has 1 aliphatic heterocycles. The number of hydrogen-bond donors (Lipinski definition) is 4. The third kappa shape index (κ3) is 2.57. The molecule has 0 amide bonds. The summed E-state index contributed by atoms with van der Waals surface area (Å²) in [5.41, 5.74) is -1.38. The van der Waals surface area contributed by atoms with Crippen molar-refractivity contribution in [3.8, 4) is 23.0 Å². The van der Waals surface area contributed by atoms with E-state index in [4.69, 9.17) is 4.18 Å². The van der Waals surface area contributed by atoms with E-state index < -0.39 is 15.7 Å². The first-order chi connectivity index (χ1) is 12.7. The number of rotatable bonds is 2. The van der Waals surface area contributed by atoms with Gasteiger partial charge in [0.25, 0.3) is 10.1 Å². The number of aromatic hydroxyl groups is 4. The first-order valence-corrected chi connectivity index (χ1v) is 9.25. The smallest absolute Gasteiger partial charge is 0.298 e. The maximum Gasteiger partial charge on any atom is 0.298 e. The minimum absolute atomic E-state index is 0.0873. The molecule has 8 heteroatoms. The van der Waals surface area contributed by atoms with Crippen LogP contribution in [-0.2, 0) is 19.9 Å². The fourth-order valence-electron chi connectivity index (χ4n) is 3.40. The molecule has 1 aliphatic rings. The van der Waals surface area contributed by atoms with Crippen LogP contribution in [0.15, 0.2) is 65.6 Å². The molecule has 7 nitrogen and oxygen atoms in total. The molecule has 0 atom stereocenters. The van der Waals surface area contributed by atoms with Gasteiger partial charge >= 0.3 is 0 Å². The van der Waals surface area contributed by atoms with Gasteiger partial charge in [-0.2, -0.15) is 8.42 Å². The Hall–Kier alpha value is -3.23. The summed E-state index contributed by atoms with van der Waals surface area (Å²) >= 11 is 0. The molecule has 4 rings (SSSR count). The molecular formula is C19H14O7S. The predicted octanol–water partition coefficient (Wildman–Crippen LogP) is 2.52.